The van der Waals surface area contributed by atoms with Crippen LogP contribution in [0, 0.1) is 17.2 Å². The minimum Gasteiger partial charge on any atom is -0.389 e. The quantitative estimate of drug-likeness (QED) is 0.359. The van der Waals surface area contributed by atoms with Crippen LogP contribution in [0.4, 0.5) is 0 Å². The molecule has 1 aliphatic rings. The zero-order valence-electron chi connectivity index (χ0n) is 11.0. The molecular weight excluding hydrogens is 260 g/mol. The molecule has 0 radical (unpaired) electrons. The third-order valence-electron chi connectivity index (χ3n) is 2.74. The van der Waals surface area contributed by atoms with Gasteiger partial charge in [-0.2, -0.15) is 5.26 Å². The second-order valence-electron chi connectivity index (χ2n) is 4.40. The van der Waals surface area contributed by atoms with E-state index < -0.39 is 0 Å². The van der Waals surface area contributed by atoms with Crippen LogP contribution in [0.1, 0.15) is 13.8 Å². The van der Waals surface area contributed by atoms with Gasteiger partial charge in [-0.15, -0.1) is 0 Å². The zero-order chi connectivity index (χ0) is 14.4. The first kappa shape index (κ1) is 15.1. The van der Waals surface area contributed by atoms with Gasteiger partial charge in [-0.05, 0) is 24.1 Å². The van der Waals surface area contributed by atoms with Crippen LogP contribution in [0.15, 0.2) is 51.7 Å². The summed E-state index contributed by atoms with van der Waals surface area (Å²) >= 11 is 5.56. The second kappa shape index (κ2) is 6.81. The van der Waals surface area contributed by atoms with Crippen LogP contribution in [0.2, 0.25) is 0 Å². The third kappa shape index (κ3) is 4.65. The van der Waals surface area contributed by atoms with Crippen molar-refractivity contribution in [2.45, 2.75) is 19.9 Å². The Morgan fingerprint density at radius 1 is 1.53 bits per heavy atom. The molecule has 0 aromatic rings. The number of allylic oxidation sites excluding steroid dienone is 4. The number of rotatable bonds is 3. The Morgan fingerprint density at radius 2 is 2.21 bits per heavy atom. The van der Waals surface area contributed by atoms with Crippen LogP contribution in [0.25, 0.3) is 0 Å². The molecular formula is C14H17ClN4. The normalized spacial score (nSPS) is 24.9. The molecule has 4 N–H and O–H groups in total. The molecule has 0 spiro atoms. The Balaban J connectivity index is 2.96. The highest BCUT2D eigenvalue weighted by Gasteiger charge is 2.20. The summed E-state index contributed by atoms with van der Waals surface area (Å²) in [7, 11) is 0. The van der Waals surface area contributed by atoms with Crippen molar-refractivity contribution >= 4 is 17.4 Å². The van der Waals surface area contributed by atoms with Crippen LogP contribution in [-0.2, 0) is 0 Å². The van der Waals surface area contributed by atoms with Crippen LogP contribution >= 0.6 is 11.6 Å². The highest BCUT2D eigenvalue weighted by atomic mass is 35.5. The molecule has 0 saturated carbocycles. The van der Waals surface area contributed by atoms with E-state index in [4.69, 9.17) is 28.3 Å². The molecule has 2 atom stereocenters. The van der Waals surface area contributed by atoms with Gasteiger partial charge >= 0.3 is 0 Å². The van der Waals surface area contributed by atoms with E-state index in [1.807, 2.05) is 26.0 Å². The topological polar surface area (TPSA) is 88.2 Å². The van der Waals surface area contributed by atoms with Crippen molar-refractivity contribution in [1.82, 2.24) is 0 Å². The van der Waals surface area contributed by atoms with Gasteiger partial charge in [-0.1, -0.05) is 30.7 Å². The molecule has 0 aliphatic heterocycles. The van der Waals surface area contributed by atoms with Gasteiger partial charge in [0.2, 0.25) is 0 Å². The van der Waals surface area contributed by atoms with Gasteiger partial charge in [0.15, 0.2) is 0 Å². The van der Waals surface area contributed by atoms with Gasteiger partial charge in [0, 0.05) is 18.1 Å². The monoisotopic (exact) mass is 276 g/mol. The maximum atomic E-state index is 8.53. The third-order valence-corrected chi connectivity index (χ3v) is 2.85. The smallest absolute Gasteiger partial charge is 0.121 e. The summed E-state index contributed by atoms with van der Waals surface area (Å²) in [6.07, 6.45) is 8.70. The van der Waals surface area contributed by atoms with Crippen LogP contribution in [0.3, 0.4) is 0 Å². The molecule has 2 unspecified atom stereocenters. The highest BCUT2D eigenvalue weighted by molar-refractivity contribution is 6.30. The first-order valence-corrected chi connectivity index (χ1v) is 6.24. The van der Waals surface area contributed by atoms with Crippen molar-refractivity contribution in [1.29, 1.82) is 5.26 Å². The molecule has 19 heavy (non-hydrogen) atoms. The summed E-state index contributed by atoms with van der Waals surface area (Å²) in [6, 6.07) is 1.94. The number of hydrogen-bond acceptors (Lipinski definition) is 3. The Hall–Kier alpha value is -1.99. The van der Waals surface area contributed by atoms with Crippen LogP contribution < -0.4 is 11.5 Å². The zero-order valence-corrected chi connectivity index (χ0v) is 11.7. The number of halogens is 1. The van der Waals surface area contributed by atoms with Crippen molar-refractivity contribution in [2.75, 3.05) is 0 Å². The fourth-order valence-corrected chi connectivity index (χ4v) is 2.11. The summed E-state index contributed by atoms with van der Waals surface area (Å²) in [6.45, 7) is 4.03. The largest absolute Gasteiger partial charge is 0.389 e. The lowest BCUT2D eigenvalue weighted by Crippen LogP contribution is -2.23. The van der Waals surface area contributed by atoms with E-state index in [2.05, 4.69) is 11.1 Å². The predicted octanol–water partition coefficient (Wildman–Crippen LogP) is 2.35. The minimum atomic E-state index is -0.0356. The van der Waals surface area contributed by atoms with Crippen molar-refractivity contribution in [3.05, 3.63) is 46.7 Å². The number of hydrogen-bond donors (Lipinski definition) is 2. The number of nitrogens with two attached hydrogens (primary N) is 2. The lowest BCUT2D eigenvalue weighted by atomic mass is 9.87. The standard InChI is InChI=1S/C14H17ClN4/c1-9-6-11(4-3-5-16)7-10(2)14(9)19-13(18)8-12(15)17/h3-4,6-9,14H,17H2,1-2H3,(H2,18,19)/b4-3+,12-8?. The summed E-state index contributed by atoms with van der Waals surface area (Å²) < 4.78 is 0. The average Bonchev–Trinajstić information content (AvgIpc) is 2.30. The van der Waals surface area contributed by atoms with E-state index in [1.54, 1.807) is 6.08 Å². The molecule has 0 bridgehead atoms. The van der Waals surface area contributed by atoms with Gasteiger partial charge in [0.1, 0.15) is 11.0 Å². The molecule has 4 nitrogen and oxygen atoms in total. The molecule has 100 valence electrons. The first-order chi connectivity index (χ1) is 8.93. The van der Waals surface area contributed by atoms with Crippen molar-refractivity contribution < 1.29 is 0 Å². The Bertz CT molecular complexity index is 528. The predicted molar refractivity (Wildman–Crippen MR) is 79.3 cm³/mol. The SMILES string of the molecule is CC1=CC(/C=C/C#N)=CC(C)C1N=C(N)C=C(N)Cl. The summed E-state index contributed by atoms with van der Waals surface area (Å²) in [4.78, 5) is 4.40. The fraction of sp³-hybridized carbons (Fsp3) is 0.286. The molecule has 0 fully saturated rings. The summed E-state index contributed by atoms with van der Waals surface area (Å²) in [5, 5.41) is 8.64. The van der Waals surface area contributed by atoms with Gasteiger partial charge in [-0.3, -0.25) is 4.99 Å². The van der Waals surface area contributed by atoms with E-state index in [0.717, 1.165) is 11.1 Å². The van der Waals surface area contributed by atoms with Gasteiger partial charge in [0.05, 0.1) is 12.1 Å². The summed E-state index contributed by atoms with van der Waals surface area (Å²) in [5.74, 6) is 0.494. The Labute approximate surface area is 118 Å². The molecule has 0 amide bonds. The van der Waals surface area contributed by atoms with E-state index in [0.29, 0.717) is 5.84 Å². The number of amidine groups is 1. The first-order valence-electron chi connectivity index (χ1n) is 5.86. The van der Waals surface area contributed by atoms with Gasteiger partial charge in [0.25, 0.3) is 0 Å². The van der Waals surface area contributed by atoms with E-state index in [-0.39, 0.29) is 17.1 Å². The maximum absolute atomic E-state index is 8.53. The molecule has 0 saturated heterocycles. The highest BCUT2D eigenvalue weighted by Crippen LogP contribution is 2.26. The number of nitrogens with zero attached hydrogens (tertiary/aromatic N) is 2. The van der Waals surface area contributed by atoms with Crippen LogP contribution in [-0.4, -0.2) is 11.9 Å². The second-order valence-corrected chi connectivity index (χ2v) is 4.84. The summed E-state index contributed by atoms with van der Waals surface area (Å²) in [5.41, 5.74) is 13.2. The Kier molecular flexibility index (Phi) is 5.40. The molecule has 0 aromatic heterocycles. The Morgan fingerprint density at radius 3 is 2.74 bits per heavy atom. The van der Waals surface area contributed by atoms with Gasteiger partial charge in [-0.25, -0.2) is 0 Å². The molecule has 1 rings (SSSR count). The average molecular weight is 277 g/mol. The molecule has 1 aliphatic carbocycles. The van der Waals surface area contributed by atoms with Crippen molar-refractivity contribution in [3.8, 4) is 6.07 Å². The van der Waals surface area contributed by atoms with E-state index >= 15 is 0 Å². The van der Waals surface area contributed by atoms with Crippen molar-refractivity contribution in [3.63, 3.8) is 0 Å². The maximum Gasteiger partial charge on any atom is 0.121 e. The molecule has 5 heteroatoms. The fourth-order valence-electron chi connectivity index (χ4n) is 2.00. The molecule has 0 heterocycles. The molecule has 0 aromatic carbocycles. The lowest BCUT2D eigenvalue weighted by molar-refractivity contribution is 0.596. The van der Waals surface area contributed by atoms with Crippen LogP contribution in [0.5, 0.6) is 0 Å². The number of nitriles is 1. The van der Waals surface area contributed by atoms with Gasteiger partial charge < -0.3 is 11.5 Å². The van der Waals surface area contributed by atoms with E-state index in [1.165, 1.54) is 12.2 Å². The van der Waals surface area contributed by atoms with Crippen molar-refractivity contribution in [2.24, 2.45) is 22.4 Å². The van der Waals surface area contributed by atoms with E-state index in [9.17, 15) is 0 Å². The lowest BCUT2D eigenvalue weighted by Gasteiger charge is -2.23. The minimum absolute atomic E-state index is 0.0356. The number of aliphatic imine (C=N–C) groups is 1.